The quantitative estimate of drug-likeness (QED) is 0.752. The van der Waals surface area contributed by atoms with Crippen LogP contribution in [0.3, 0.4) is 0 Å². The van der Waals surface area contributed by atoms with Crippen LogP contribution in [0.15, 0.2) is 23.1 Å². The highest BCUT2D eigenvalue weighted by Crippen LogP contribution is 2.43. The van der Waals surface area contributed by atoms with Crippen molar-refractivity contribution in [1.29, 1.82) is 5.26 Å². The molecule has 1 aliphatic heterocycles. The molecule has 3 nitrogen and oxygen atoms in total. The van der Waals surface area contributed by atoms with Crippen LogP contribution < -0.4 is 5.32 Å². The predicted octanol–water partition coefficient (Wildman–Crippen LogP) is 2.79. The lowest BCUT2D eigenvalue weighted by Crippen LogP contribution is -2.20. The number of benzene rings is 1. The Morgan fingerprint density at radius 3 is 3.13 bits per heavy atom. The molecule has 2 unspecified atom stereocenters. The normalized spacial score (nSPS) is 20.1. The van der Waals surface area contributed by atoms with E-state index >= 15 is 0 Å². The van der Waals surface area contributed by atoms with Gasteiger partial charge < -0.3 is 10.4 Å². The van der Waals surface area contributed by atoms with Gasteiger partial charge in [0.2, 0.25) is 0 Å². The molecule has 4 heteroatoms. The number of thioether (sulfide) groups is 1. The van der Waals surface area contributed by atoms with Crippen molar-refractivity contribution in [3.8, 4) is 11.8 Å². The minimum absolute atomic E-state index is 0.00421. The minimum atomic E-state index is 0.00421. The smallest absolute Gasteiger partial charge is 0.116 e. The molecule has 0 amide bonds. The monoisotopic (exact) mass is 220 g/mol. The number of fused-ring (bicyclic) bond motifs is 1. The van der Waals surface area contributed by atoms with Gasteiger partial charge in [-0.25, -0.2) is 0 Å². The Hall–Kier alpha value is -1.34. The van der Waals surface area contributed by atoms with Gasteiger partial charge in [0.1, 0.15) is 5.75 Å². The Morgan fingerprint density at radius 1 is 1.67 bits per heavy atom. The van der Waals surface area contributed by atoms with Gasteiger partial charge in [0, 0.05) is 10.6 Å². The average molecular weight is 220 g/mol. The van der Waals surface area contributed by atoms with Gasteiger partial charge in [-0.1, -0.05) is 18.7 Å². The molecule has 2 rings (SSSR count). The third-order valence-electron chi connectivity index (χ3n) is 2.49. The van der Waals surface area contributed by atoms with Crippen molar-refractivity contribution in [2.45, 2.75) is 23.6 Å². The molecule has 0 bridgehead atoms. The predicted molar refractivity (Wildman–Crippen MR) is 60.8 cm³/mol. The molecule has 1 heterocycles. The zero-order valence-corrected chi connectivity index (χ0v) is 9.21. The number of rotatable bonds is 2. The van der Waals surface area contributed by atoms with E-state index in [1.807, 2.05) is 13.0 Å². The van der Waals surface area contributed by atoms with Gasteiger partial charge >= 0.3 is 0 Å². The van der Waals surface area contributed by atoms with E-state index in [1.165, 1.54) is 0 Å². The molecule has 0 radical (unpaired) electrons. The van der Waals surface area contributed by atoms with Crippen LogP contribution in [0.4, 0.5) is 5.69 Å². The summed E-state index contributed by atoms with van der Waals surface area (Å²) in [5.41, 5.74) is 1.01. The van der Waals surface area contributed by atoms with Crippen molar-refractivity contribution >= 4 is 17.4 Å². The van der Waals surface area contributed by atoms with Crippen LogP contribution in [0.5, 0.6) is 5.75 Å². The van der Waals surface area contributed by atoms with E-state index in [0.717, 1.165) is 17.0 Å². The van der Waals surface area contributed by atoms with E-state index in [1.54, 1.807) is 23.9 Å². The summed E-state index contributed by atoms with van der Waals surface area (Å²) in [5, 5.41) is 21.7. The fourth-order valence-electron chi connectivity index (χ4n) is 1.60. The number of phenolic OH excluding ortho intramolecular Hbond substituents is 1. The first kappa shape index (κ1) is 10.2. The second kappa shape index (κ2) is 4.03. The van der Waals surface area contributed by atoms with Gasteiger partial charge in [-0.3, -0.25) is 0 Å². The van der Waals surface area contributed by atoms with Crippen LogP contribution in [-0.4, -0.2) is 10.5 Å². The molecular weight excluding hydrogens is 208 g/mol. The molecule has 2 atom stereocenters. The zero-order valence-electron chi connectivity index (χ0n) is 8.40. The van der Waals surface area contributed by atoms with Crippen LogP contribution in [0.1, 0.15) is 13.3 Å². The highest BCUT2D eigenvalue weighted by atomic mass is 32.2. The lowest BCUT2D eigenvalue weighted by molar-refractivity contribution is 0.474. The average Bonchev–Trinajstić information content (AvgIpc) is 2.62. The summed E-state index contributed by atoms with van der Waals surface area (Å²) in [6, 6.07) is 7.53. The van der Waals surface area contributed by atoms with Crippen molar-refractivity contribution < 1.29 is 5.11 Å². The highest BCUT2D eigenvalue weighted by Gasteiger charge is 2.27. The van der Waals surface area contributed by atoms with E-state index < -0.39 is 0 Å². The molecular formula is C11H12N2OS. The van der Waals surface area contributed by atoms with E-state index in [9.17, 15) is 5.11 Å². The lowest BCUT2D eigenvalue weighted by Gasteiger charge is -2.14. The first-order valence-corrected chi connectivity index (χ1v) is 5.78. The Bertz CT molecular complexity index is 414. The summed E-state index contributed by atoms with van der Waals surface area (Å²) < 4.78 is 0. The van der Waals surface area contributed by atoms with Crippen molar-refractivity contribution in [3.05, 3.63) is 18.2 Å². The molecule has 1 aromatic rings. The second-order valence-electron chi connectivity index (χ2n) is 3.51. The second-order valence-corrected chi connectivity index (χ2v) is 4.69. The van der Waals surface area contributed by atoms with Gasteiger partial charge in [0.05, 0.1) is 17.4 Å². The molecule has 0 fully saturated rings. The Balaban J connectivity index is 2.19. The molecule has 2 N–H and O–H groups in total. The van der Waals surface area contributed by atoms with Gasteiger partial charge in [-0.2, -0.15) is 5.26 Å². The number of nitriles is 1. The SMILES string of the molecule is CCC(C#N)C1Nc2ccc(O)cc2S1. The molecule has 0 aromatic heterocycles. The Labute approximate surface area is 93.1 Å². The highest BCUT2D eigenvalue weighted by molar-refractivity contribution is 8.00. The van der Waals surface area contributed by atoms with Crippen molar-refractivity contribution in [2.75, 3.05) is 5.32 Å². The third-order valence-corrected chi connectivity index (χ3v) is 3.78. The summed E-state index contributed by atoms with van der Waals surface area (Å²) in [7, 11) is 0. The molecule has 78 valence electrons. The molecule has 0 saturated heterocycles. The molecule has 15 heavy (non-hydrogen) atoms. The third kappa shape index (κ3) is 1.88. The Morgan fingerprint density at radius 2 is 2.47 bits per heavy atom. The van der Waals surface area contributed by atoms with Crippen LogP contribution >= 0.6 is 11.8 Å². The van der Waals surface area contributed by atoms with Gasteiger partial charge in [-0.15, -0.1) is 0 Å². The van der Waals surface area contributed by atoms with Gasteiger partial charge in [0.25, 0.3) is 0 Å². The maximum atomic E-state index is 9.33. The fraction of sp³-hybridized carbons (Fsp3) is 0.364. The van der Waals surface area contributed by atoms with Crippen LogP contribution in [0, 0.1) is 17.2 Å². The summed E-state index contributed by atoms with van der Waals surface area (Å²) >= 11 is 1.61. The van der Waals surface area contributed by atoms with E-state index in [2.05, 4.69) is 11.4 Å². The number of aromatic hydroxyl groups is 1. The molecule has 1 aliphatic rings. The van der Waals surface area contributed by atoms with Crippen LogP contribution in [-0.2, 0) is 0 Å². The van der Waals surface area contributed by atoms with E-state index in [4.69, 9.17) is 5.26 Å². The number of nitrogens with one attached hydrogen (secondary N) is 1. The number of anilines is 1. The first-order valence-electron chi connectivity index (χ1n) is 4.90. The van der Waals surface area contributed by atoms with Gasteiger partial charge in [-0.05, 0) is 24.6 Å². The standard InChI is InChI=1S/C11H12N2OS/c1-2-7(6-12)11-13-9-4-3-8(14)5-10(9)15-11/h3-5,7,11,13-14H,2H2,1H3. The van der Waals surface area contributed by atoms with Crippen molar-refractivity contribution in [1.82, 2.24) is 0 Å². The van der Waals surface area contributed by atoms with E-state index in [0.29, 0.717) is 0 Å². The summed E-state index contributed by atoms with van der Waals surface area (Å²) in [4.78, 5) is 1.02. The number of phenols is 1. The lowest BCUT2D eigenvalue weighted by atomic mass is 10.1. The van der Waals surface area contributed by atoms with Gasteiger partial charge in [0.15, 0.2) is 0 Å². The largest absolute Gasteiger partial charge is 0.508 e. The maximum absolute atomic E-state index is 9.33. The van der Waals surface area contributed by atoms with Crippen molar-refractivity contribution in [2.24, 2.45) is 5.92 Å². The van der Waals surface area contributed by atoms with Crippen LogP contribution in [0.2, 0.25) is 0 Å². The Kier molecular flexibility index (Phi) is 2.74. The minimum Gasteiger partial charge on any atom is -0.508 e. The topological polar surface area (TPSA) is 56.0 Å². The van der Waals surface area contributed by atoms with Crippen LogP contribution in [0.25, 0.3) is 0 Å². The summed E-state index contributed by atoms with van der Waals surface area (Å²) in [6.07, 6.45) is 0.834. The fourth-order valence-corrected chi connectivity index (χ4v) is 2.92. The molecule has 0 aliphatic carbocycles. The summed E-state index contributed by atoms with van der Waals surface area (Å²) in [6.45, 7) is 2.01. The maximum Gasteiger partial charge on any atom is 0.116 e. The number of nitrogens with zero attached hydrogens (tertiary/aromatic N) is 1. The number of hydrogen-bond acceptors (Lipinski definition) is 4. The molecule has 0 saturated carbocycles. The van der Waals surface area contributed by atoms with E-state index in [-0.39, 0.29) is 17.0 Å². The molecule has 0 spiro atoms. The molecule has 1 aromatic carbocycles. The van der Waals surface area contributed by atoms with Crippen molar-refractivity contribution in [3.63, 3.8) is 0 Å². The number of hydrogen-bond donors (Lipinski definition) is 2. The summed E-state index contributed by atoms with van der Waals surface area (Å²) in [5.74, 6) is 0.276. The zero-order chi connectivity index (χ0) is 10.8. The first-order chi connectivity index (χ1) is 7.24.